The van der Waals surface area contributed by atoms with Crippen molar-refractivity contribution >= 4 is 5.91 Å². The quantitative estimate of drug-likeness (QED) is 0.837. The first-order valence-corrected chi connectivity index (χ1v) is 8.65. The average molecular weight is 341 g/mol. The number of benzene rings is 1. The molecule has 0 radical (unpaired) electrons. The second-order valence-corrected chi connectivity index (χ2v) is 6.05. The first-order chi connectivity index (χ1) is 12.2. The molecule has 0 bridgehead atoms. The maximum atomic E-state index is 12.8. The highest BCUT2D eigenvalue weighted by molar-refractivity contribution is 5.97. The van der Waals surface area contributed by atoms with Crippen LogP contribution in [0.15, 0.2) is 36.4 Å². The van der Waals surface area contributed by atoms with Gasteiger partial charge in [0, 0.05) is 32.0 Å². The molecule has 6 heteroatoms. The maximum Gasteiger partial charge on any atom is 0.257 e. The van der Waals surface area contributed by atoms with Gasteiger partial charge in [0.15, 0.2) is 0 Å². The van der Waals surface area contributed by atoms with Gasteiger partial charge in [-0.2, -0.15) is 5.10 Å². The van der Waals surface area contributed by atoms with Crippen molar-refractivity contribution in [3.05, 3.63) is 47.7 Å². The van der Waals surface area contributed by atoms with Gasteiger partial charge in [0.05, 0.1) is 17.9 Å². The highest BCUT2D eigenvalue weighted by atomic mass is 16.5. The summed E-state index contributed by atoms with van der Waals surface area (Å²) < 4.78 is 11.4. The van der Waals surface area contributed by atoms with Crippen LogP contribution >= 0.6 is 0 Å². The van der Waals surface area contributed by atoms with Crippen molar-refractivity contribution in [2.75, 3.05) is 19.7 Å². The summed E-state index contributed by atoms with van der Waals surface area (Å²) in [7, 11) is 0. The topological polar surface area (TPSA) is 64.5 Å². The molecule has 132 valence electrons. The van der Waals surface area contributed by atoms with E-state index in [4.69, 9.17) is 9.47 Å². The minimum absolute atomic E-state index is 0.0117. The highest BCUT2D eigenvalue weighted by Crippen LogP contribution is 2.23. The second kappa shape index (κ2) is 7.96. The van der Waals surface area contributed by atoms with E-state index in [0.717, 1.165) is 18.5 Å². The van der Waals surface area contributed by atoms with E-state index in [1.165, 1.54) is 0 Å². The number of hydrogen-bond donors (Lipinski definition) is 0. The van der Waals surface area contributed by atoms with E-state index in [2.05, 4.69) is 10.2 Å². The standard InChI is InChI=1S/C19H23N3O3/c1-3-24-17-7-5-4-6-16(17)19(23)22-12-10-15(11-13-22)25-18-9-8-14(2)20-21-18/h4-9,15H,3,10-13H2,1-2H3. The third-order valence-corrected chi connectivity index (χ3v) is 4.21. The summed E-state index contributed by atoms with van der Waals surface area (Å²) in [6.45, 7) is 5.66. The van der Waals surface area contributed by atoms with Crippen LogP contribution in [0.1, 0.15) is 35.8 Å². The molecular formula is C19H23N3O3. The van der Waals surface area contributed by atoms with E-state index in [1.807, 2.05) is 55.1 Å². The number of likely N-dealkylation sites (tertiary alicyclic amines) is 1. The number of para-hydroxylation sites is 1. The van der Waals surface area contributed by atoms with Gasteiger partial charge >= 0.3 is 0 Å². The summed E-state index contributed by atoms with van der Waals surface area (Å²) in [6, 6.07) is 11.1. The zero-order valence-electron chi connectivity index (χ0n) is 14.6. The number of aromatic nitrogens is 2. The minimum atomic E-state index is 0.0117. The van der Waals surface area contributed by atoms with Crippen molar-refractivity contribution in [2.45, 2.75) is 32.8 Å². The van der Waals surface area contributed by atoms with Crippen LogP contribution in [-0.2, 0) is 0 Å². The molecule has 1 saturated heterocycles. The number of amides is 1. The van der Waals surface area contributed by atoms with Crippen LogP contribution in [0.2, 0.25) is 0 Å². The molecule has 1 aromatic carbocycles. The summed E-state index contributed by atoms with van der Waals surface area (Å²) in [5.41, 5.74) is 1.48. The Morgan fingerprint density at radius 2 is 1.92 bits per heavy atom. The molecular weight excluding hydrogens is 318 g/mol. The molecule has 0 spiro atoms. The molecule has 0 aliphatic carbocycles. The summed E-state index contributed by atoms with van der Waals surface area (Å²) in [5.74, 6) is 1.19. The van der Waals surface area contributed by atoms with Gasteiger partial charge in [-0.1, -0.05) is 12.1 Å². The van der Waals surface area contributed by atoms with Gasteiger partial charge in [-0.3, -0.25) is 4.79 Å². The summed E-state index contributed by atoms with van der Waals surface area (Å²) in [5, 5.41) is 8.04. The molecule has 1 fully saturated rings. The van der Waals surface area contributed by atoms with Crippen molar-refractivity contribution in [2.24, 2.45) is 0 Å². The fraction of sp³-hybridized carbons (Fsp3) is 0.421. The Kier molecular flexibility index (Phi) is 5.48. The zero-order chi connectivity index (χ0) is 17.6. The monoisotopic (exact) mass is 341 g/mol. The predicted octanol–water partition coefficient (Wildman–Crippen LogP) is 2.87. The molecule has 0 saturated carbocycles. The smallest absolute Gasteiger partial charge is 0.257 e. The number of hydrogen-bond acceptors (Lipinski definition) is 5. The molecule has 0 N–H and O–H groups in total. The summed E-state index contributed by atoms with van der Waals surface area (Å²) in [4.78, 5) is 14.6. The molecule has 6 nitrogen and oxygen atoms in total. The fourth-order valence-corrected chi connectivity index (χ4v) is 2.89. The first kappa shape index (κ1) is 17.2. The lowest BCUT2D eigenvalue weighted by molar-refractivity contribution is 0.0582. The molecule has 2 aromatic rings. The normalized spacial score (nSPS) is 15.0. The van der Waals surface area contributed by atoms with Crippen LogP contribution in [0, 0.1) is 6.92 Å². The third-order valence-electron chi connectivity index (χ3n) is 4.21. The minimum Gasteiger partial charge on any atom is -0.493 e. The largest absolute Gasteiger partial charge is 0.493 e. The van der Waals surface area contributed by atoms with Gasteiger partial charge in [0.25, 0.3) is 5.91 Å². The summed E-state index contributed by atoms with van der Waals surface area (Å²) >= 11 is 0. The van der Waals surface area contributed by atoms with Crippen LogP contribution in [0.5, 0.6) is 11.6 Å². The number of nitrogens with zero attached hydrogens (tertiary/aromatic N) is 3. The van der Waals surface area contributed by atoms with Crippen molar-refractivity contribution in [1.82, 2.24) is 15.1 Å². The van der Waals surface area contributed by atoms with E-state index >= 15 is 0 Å². The molecule has 1 aliphatic heterocycles. The Balaban J connectivity index is 1.58. The Morgan fingerprint density at radius 3 is 2.60 bits per heavy atom. The molecule has 0 unspecified atom stereocenters. The van der Waals surface area contributed by atoms with E-state index in [-0.39, 0.29) is 12.0 Å². The lowest BCUT2D eigenvalue weighted by atomic mass is 10.1. The number of carbonyl (C=O) groups is 1. The van der Waals surface area contributed by atoms with Crippen molar-refractivity contribution in [3.8, 4) is 11.6 Å². The van der Waals surface area contributed by atoms with Crippen molar-refractivity contribution in [1.29, 1.82) is 0 Å². The van der Waals surface area contributed by atoms with E-state index in [1.54, 1.807) is 0 Å². The van der Waals surface area contributed by atoms with Crippen LogP contribution < -0.4 is 9.47 Å². The number of aryl methyl sites for hydroxylation is 1. The molecule has 1 aromatic heterocycles. The van der Waals surface area contributed by atoms with Gasteiger partial charge in [0.2, 0.25) is 5.88 Å². The Bertz CT molecular complexity index is 710. The average Bonchev–Trinajstić information content (AvgIpc) is 2.64. The molecule has 3 rings (SSSR count). The van der Waals surface area contributed by atoms with Gasteiger partial charge < -0.3 is 14.4 Å². The van der Waals surface area contributed by atoms with Crippen molar-refractivity contribution < 1.29 is 14.3 Å². The second-order valence-electron chi connectivity index (χ2n) is 6.05. The predicted molar refractivity (Wildman–Crippen MR) is 93.9 cm³/mol. The Hall–Kier alpha value is -2.63. The molecule has 1 aliphatic rings. The highest BCUT2D eigenvalue weighted by Gasteiger charge is 2.26. The lowest BCUT2D eigenvalue weighted by Gasteiger charge is -2.32. The third kappa shape index (κ3) is 4.26. The lowest BCUT2D eigenvalue weighted by Crippen LogP contribution is -2.42. The van der Waals surface area contributed by atoms with E-state index in [0.29, 0.717) is 36.9 Å². The number of ether oxygens (including phenoxy) is 2. The van der Waals surface area contributed by atoms with Crippen LogP contribution in [0.4, 0.5) is 0 Å². The van der Waals surface area contributed by atoms with Gasteiger partial charge in [0.1, 0.15) is 11.9 Å². The van der Waals surface area contributed by atoms with Gasteiger partial charge in [-0.05, 0) is 32.0 Å². The van der Waals surface area contributed by atoms with Gasteiger partial charge in [-0.25, -0.2) is 0 Å². The Morgan fingerprint density at radius 1 is 1.16 bits per heavy atom. The molecule has 0 atom stereocenters. The Labute approximate surface area is 147 Å². The zero-order valence-corrected chi connectivity index (χ0v) is 14.6. The van der Waals surface area contributed by atoms with E-state index in [9.17, 15) is 4.79 Å². The van der Waals surface area contributed by atoms with E-state index < -0.39 is 0 Å². The van der Waals surface area contributed by atoms with Crippen LogP contribution in [0.25, 0.3) is 0 Å². The van der Waals surface area contributed by atoms with Crippen molar-refractivity contribution in [3.63, 3.8) is 0 Å². The summed E-state index contributed by atoms with van der Waals surface area (Å²) in [6.07, 6.45) is 1.61. The SMILES string of the molecule is CCOc1ccccc1C(=O)N1CCC(Oc2ccc(C)nn2)CC1. The van der Waals surface area contributed by atoms with Crippen LogP contribution in [-0.4, -0.2) is 46.8 Å². The number of rotatable bonds is 5. The van der Waals surface area contributed by atoms with Gasteiger partial charge in [-0.15, -0.1) is 5.10 Å². The first-order valence-electron chi connectivity index (χ1n) is 8.65. The van der Waals surface area contributed by atoms with Crippen LogP contribution in [0.3, 0.4) is 0 Å². The fourth-order valence-electron chi connectivity index (χ4n) is 2.89. The molecule has 25 heavy (non-hydrogen) atoms. The maximum absolute atomic E-state index is 12.8. The molecule has 2 heterocycles. The number of carbonyl (C=O) groups excluding carboxylic acids is 1. The number of piperidine rings is 1. The molecule has 1 amide bonds.